The number of carbonyl (C=O) groups is 4. The van der Waals surface area contributed by atoms with Crippen LogP contribution in [-0.4, -0.2) is 75.7 Å². The molecule has 1 saturated heterocycles. The van der Waals surface area contributed by atoms with Crippen molar-refractivity contribution in [3.63, 3.8) is 0 Å². The van der Waals surface area contributed by atoms with Crippen molar-refractivity contribution in [3.05, 3.63) is 64.7 Å². The SMILES string of the molecule is C[C@H](c1ccc(COc2cccc3c2CN([C@@H](CCC(=O)O)C(N)=O)C3=O)cc1)N1CCN(C(=O)C2CC2)CC1. The summed E-state index contributed by atoms with van der Waals surface area (Å²) in [6.45, 7) is 5.93. The average Bonchev–Trinajstić information content (AvgIpc) is 3.75. The number of ether oxygens (including phenoxy) is 1. The fourth-order valence-electron chi connectivity index (χ4n) is 5.61. The molecule has 40 heavy (non-hydrogen) atoms. The van der Waals surface area contributed by atoms with E-state index in [1.165, 1.54) is 10.5 Å². The first-order valence-corrected chi connectivity index (χ1v) is 13.9. The Morgan fingerprint density at radius 1 is 1.05 bits per heavy atom. The Balaban J connectivity index is 1.18. The summed E-state index contributed by atoms with van der Waals surface area (Å²) in [6, 6.07) is 12.7. The van der Waals surface area contributed by atoms with E-state index in [2.05, 4.69) is 24.0 Å². The van der Waals surface area contributed by atoms with Crippen LogP contribution in [0.4, 0.5) is 0 Å². The van der Waals surface area contributed by atoms with Gasteiger partial charge in [-0.2, -0.15) is 0 Å². The standard InChI is InChI=1S/C30H36N4O6/c1-19(32-13-15-33(16-14-32)29(38)22-9-10-22)21-7-5-20(6-8-21)18-40-26-4-2-3-23-24(26)17-34(30(23)39)25(28(31)37)11-12-27(35)36/h2-8,19,22,25H,9-18H2,1H3,(H2,31,37)(H,35,36)/t19-,25+/m1/s1. The molecule has 10 heteroatoms. The maximum Gasteiger partial charge on any atom is 0.303 e. The number of primary amides is 1. The summed E-state index contributed by atoms with van der Waals surface area (Å²) >= 11 is 0. The molecule has 0 radical (unpaired) electrons. The molecule has 2 aromatic carbocycles. The molecule has 2 heterocycles. The Morgan fingerprint density at radius 2 is 1.75 bits per heavy atom. The zero-order valence-corrected chi connectivity index (χ0v) is 22.8. The van der Waals surface area contributed by atoms with Gasteiger partial charge >= 0.3 is 5.97 Å². The zero-order valence-electron chi connectivity index (χ0n) is 22.8. The number of amides is 3. The van der Waals surface area contributed by atoms with E-state index < -0.39 is 17.9 Å². The van der Waals surface area contributed by atoms with E-state index in [1.807, 2.05) is 17.0 Å². The number of hydrogen-bond donors (Lipinski definition) is 2. The van der Waals surface area contributed by atoms with Crippen LogP contribution < -0.4 is 10.5 Å². The fourth-order valence-corrected chi connectivity index (χ4v) is 5.61. The highest BCUT2D eigenvalue weighted by Gasteiger charge is 2.37. The molecule has 3 amide bonds. The maximum absolute atomic E-state index is 13.0. The highest BCUT2D eigenvalue weighted by molar-refractivity contribution is 6.01. The normalized spacial score (nSPS) is 18.8. The number of fused-ring (bicyclic) bond motifs is 1. The van der Waals surface area contributed by atoms with Crippen LogP contribution in [0.15, 0.2) is 42.5 Å². The van der Waals surface area contributed by atoms with Crippen molar-refractivity contribution in [3.8, 4) is 5.75 Å². The molecule has 2 fully saturated rings. The summed E-state index contributed by atoms with van der Waals surface area (Å²) in [5.74, 6) is -0.998. The first-order valence-electron chi connectivity index (χ1n) is 13.9. The second kappa shape index (κ2) is 11.7. The minimum Gasteiger partial charge on any atom is -0.489 e. The van der Waals surface area contributed by atoms with Gasteiger partial charge in [-0.25, -0.2) is 0 Å². The van der Waals surface area contributed by atoms with Crippen LogP contribution in [0.2, 0.25) is 0 Å². The van der Waals surface area contributed by atoms with Gasteiger partial charge in [0.2, 0.25) is 11.8 Å². The van der Waals surface area contributed by atoms with Gasteiger partial charge < -0.3 is 25.4 Å². The number of benzene rings is 2. The first kappa shape index (κ1) is 27.6. The Kier molecular flexibility index (Phi) is 8.07. The number of carbonyl (C=O) groups excluding carboxylic acids is 3. The molecule has 5 rings (SSSR count). The Morgan fingerprint density at radius 3 is 2.38 bits per heavy atom. The summed E-state index contributed by atoms with van der Waals surface area (Å²) in [5.41, 5.74) is 8.79. The molecule has 1 saturated carbocycles. The van der Waals surface area contributed by atoms with Crippen LogP contribution in [0.1, 0.15) is 65.7 Å². The van der Waals surface area contributed by atoms with E-state index >= 15 is 0 Å². The van der Waals surface area contributed by atoms with Crippen LogP contribution in [0.5, 0.6) is 5.75 Å². The highest BCUT2D eigenvalue weighted by atomic mass is 16.5. The monoisotopic (exact) mass is 548 g/mol. The predicted octanol–water partition coefficient (Wildman–Crippen LogP) is 2.56. The van der Waals surface area contributed by atoms with Gasteiger partial charge in [0.05, 0.1) is 6.54 Å². The molecule has 2 atom stereocenters. The number of aliphatic carboxylic acids is 1. The second-order valence-electron chi connectivity index (χ2n) is 10.9. The quantitative estimate of drug-likeness (QED) is 0.441. The van der Waals surface area contributed by atoms with Crippen molar-refractivity contribution in [2.24, 2.45) is 11.7 Å². The molecule has 0 unspecified atom stereocenters. The summed E-state index contributed by atoms with van der Waals surface area (Å²) in [5, 5.41) is 9.02. The van der Waals surface area contributed by atoms with Crippen LogP contribution in [-0.2, 0) is 27.5 Å². The van der Waals surface area contributed by atoms with Gasteiger partial charge in [-0.3, -0.25) is 24.1 Å². The molecule has 1 aliphatic carbocycles. The number of rotatable bonds is 11. The van der Waals surface area contributed by atoms with Gasteiger partial charge in [-0.15, -0.1) is 0 Å². The third kappa shape index (κ3) is 5.96. The first-order chi connectivity index (χ1) is 19.2. The molecular weight excluding hydrogens is 512 g/mol. The van der Waals surface area contributed by atoms with Gasteiger partial charge in [0.25, 0.3) is 5.91 Å². The topological polar surface area (TPSA) is 133 Å². The summed E-state index contributed by atoms with van der Waals surface area (Å²) in [7, 11) is 0. The molecule has 212 valence electrons. The predicted molar refractivity (Wildman–Crippen MR) is 146 cm³/mol. The van der Waals surface area contributed by atoms with E-state index in [4.69, 9.17) is 15.6 Å². The third-order valence-corrected chi connectivity index (χ3v) is 8.25. The Bertz CT molecular complexity index is 1280. The second-order valence-corrected chi connectivity index (χ2v) is 10.9. The van der Waals surface area contributed by atoms with Gasteiger partial charge in [0, 0.05) is 55.7 Å². The minimum atomic E-state index is -1.05. The van der Waals surface area contributed by atoms with Crippen molar-refractivity contribution in [1.29, 1.82) is 0 Å². The van der Waals surface area contributed by atoms with E-state index in [0.29, 0.717) is 29.4 Å². The lowest BCUT2D eigenvalue weighted by atomic mass is 10.0. The highest BCUT2D eigenvalue weighted by Crippen LogP contribution is 2.34. The minimum absolute atomic E-state index is 0.0420. The molecular formula is C30H36N4O6. The molecule has 10 nitrogen and oxygen atoms in total. The zero-order chi connectivity index (χ0) is 28.4. The van der Waals surface area contributed by atoms with E-state index in [-0.39, 0.29) is 37.3 Å². The molecule has 0 spiro atoms. The number of hydrogen-bond acceptors (Lipinski definition) is 6. The van der Waals surface area contributed by atoms with Crippen LogP contribution >= 0.6 is 0 Å². The number of nitrogens with two attached hydrogens (primary N) is 1. The molecule has 3 N–H and O–H groups in total. The lowest BCUT2D eigenvalue weighted by Gasteiger charge is -2.38. The molecule has 0 bridgehead atoms. The van der Waals surface area contributed by atoms with Crippen molar-refractivity contribution in [1.82, 2.24) is 14.7 Å². The number of nitrogens with zero attached hydrogens (tertiary/aromatic N) is 3. The number of carboxylic acid groups (broad SMARTS) is 1. The maximum atomic E-state index is 13.0. The van der Waals surface area contributed by atoms with Crippen molar-refractivity contribution < 1.29 is 29.0 Å². The molecule has 3 aliphatic rings. The van der Waals surface area contributed by atoms with Crippen molar-refractivity contribution in [2.45, 2.75) is 57.8 Å². The number of carboxylic acids is 1. The van der Waals surface area contributed by atoms with E-state index in [9.17, 15) is 19.2 Å². The van der Waals surface area contributed by atoms with E-state index in [0.717, 1.165) is 44.6 Å². The number of piperazine rings is 1. The van der Waals surface area contributed by atoms with Crippen molar-refractivity contribution >= 4 is 23.7 Å². The van der Waals surface area contributed by atoms with E-state index in [1.54, 1.807) is 18.2 Å². The lowest BCUT2D eigenvalue weighted by Crippen LogP contribution is -2.49. The van der Waals surface area contributed by atoms with Crippen LogP contribution in [0, 0.1) is 5.92 Å². The average molecular weight is 549 g/mol. The fraction of sp³-hybridized carbons (Fsp3) is 0.467. The molecule has 0 aromatic heterocycles. The van der Waals surface area contributed by atoms with Gasteiger partial charge in [-0.05, 0) is 49.4 Å². The van der Waals surface area contributed by atoms with Gasteiger partial charge in [0.15, 0.2) is 0 Å². The Labute approximate surface area is 233 Å². The van der Waals surface area contributed by atoms with Crippen LogP contribution in [0.3, 0.4) is 0 Å². The van der Waals surface area contributed by atoms with Crippen molar-refractivity contribution in [2.75, 3.05) is 26.2 Å². The molecule has 2 aromatic rings. The third-order valence-electron chi connectivity index (χ3n) is 8.25. The Hall–Kier alpha value is -3.92. The lowest BCUT2D eigenvalue weighted by molar-refractivity contribution is -0.137. The summed E-state index contributed by atoms with van der Waals surface area (Å²) < 4.78 is 6.11. The largest absolute Gasteiger partial charge is 0.489 e. The smallest absolute Gasteiger partial charge is 0.303 e. The summed E-state index contributed by atoms with van der Waals surface area (Å²) in [4.78, 5) is 54.2. The van der Waals surface area contributed by atoms with Gasteiger partial charge in [-0.1, -0.05) is 30.3 Å². The van der Waals surface area contributed by atoms with Gasteiger partial charge in [0.1, 0.15) is 18.4 Å². The van der Waals surface area contributed by atoms with Crippen LogP contribution in [0.25, 0.3) is 0 Å². The molecule has 2 aliphatic heterocycles. The summed E-state index contributed by atoms with van der Waals surface area (Å²) in [6.07, 6.45) is 1.78.